The summed E-state index contributed by atoms with van der Waals surface area (Å²) in [6, 6.07) is 8.56. The molecular formula is C22H23Cl2N7O3. The Kier molecular flexibility index (Phi) is 7.49. The van der Waals surface area contributed by atoms with Crippen molar-refractivity contribution in [3.8, 4) is 5.95 Å². The fraction of sp³-hybridized carbons (Fsp3) is 0.318. The van der Waals surface area contributed by atoms with Crippen LogP contribution in [0.5, 0.6) is 0 Å². The van der Waals surface area contributed by atoms with Crippen LogP contribution >= 0.6 is 23.2 Å². The minimum Gasteiger partial charge on any atom is -0.453 e. The zero-order chi connectivity index (χ0) is 24.1. The van der Waals surface area contributed by atoms with Crippen LogP contribution < -0.4 is 10.2 Å². The van der Waals surface area contributed by atoms with E-state index in [2.05, 4.69) is 20.3 Å². The number of nitrogens with one attached hydrogen (secondary N) is 1. The molecule has 2 aromatic heterocycles. The summed E-state index contributed by atoms with van der Waals surface area (Å²) < 4.78 is 6.53. The summed E-state index contributed by atoms with van der Waals surface area (Å²) in [5.41, 5.74) is 0.932. The number of piperazine rings is 1. The number of rotatable bonds is 6. The summed E-state index contributed by atoms with van der Waals surface area (Å²) in [6.45, 7) is 1.52. The molecule has 1 saturated heterocycles. The van der Waals surface area contributed by atoms with Crippen LogP contribution in [0.2, 0.25) is 10.2 Å². The van der Waals surface area contributed by atoms with Crippen molar-refractivity contribution >= 4 is 41.0 Å². The molecule has 1 atom stereocenters. The summed E-state index contributed by atoms with van der Waals surface area (Å²) >= 11 is 12.2. The first-order chi connectivity index (χ1) is 16.4. The molecule has 34 heavy (non-hydrogen) atoms. The Balaban J connectivity index is 1.52. The fourth-order valence-electron chi connectivity index (χ4n) is 3.75. The van der Waals surface area contributed by atoms with E-state index >= 15 is 0 Å². The van der Waals surface area contributed by atoms with Gasteiger partial charge in [0.1, 0.15) is 17.3 Å². The second-order valence-electron chi connectivity index (χ2n) is 7.69. The van der Waals surface area contributed by atoms with Crippen LogP contribution in [0.3, 0.4) is 0 Å². The number of benzene rings is 1. The number of imidazole rings is 1. The normalized spacial score (nSPS) is 15.8. The predicted octanol–water partition coefficient (Wildman–Crippen LogP) is 2.93. The number of anilines is 1. The Bertz CT molecular complexity index is 1140. The molecule has 0 radical (unpaired) electrons. The smallest absolute Gasteiger partial charge is 0.409 e. The van der Waals surface area contributed by atoms with E-state index in [0.29, 0.717) is 43.0 Å². The maximum Gasteiger partial charge on any atom is 0.409 e. The number of ether oxygens (including phenoxy) is 1. The van der Waals surface area contributed by atoms with Crippen molar-refractivity contribution in [3.05, 3.63) is 64.8 Å². The molecule has 1 N–H and O–H groups in total. The lowest BCUT2D eigenvalue weighted by Crippen LogP contribution is -2.56. The highest BCUT2D eigenvalue weighted by Gasteiger charge is 2.33. The van der Waals surface area contributed by atoms with Crippen molar-refractivity contribution in [2.45, 2.75) is 19.0 Å². The van der Waals surface area contributed by atoms with Gasteiger partial charge in [-0.05, 0) is 17.7 Å². The summed E-state index contributed by atoms with van der Waals surface area (Å²) in [4.78, 5) is 41.4. The van der Waals surface area contributed by atoms with E-state index in [-0.39, 0.29) is 23.5 Å². The van der Waals surface area contributed by atoms with Crippen molar-refractivity contribution in [2.75, 3.05) is 31.6 Å². The van der Waals surface area contributed by atoms with Crippen LogP contribution in [0.4, 0.5) is 10.6 Å². The Labute approximate surface area is 206 Å². The number of hydrogen-bond donors (Lipinski definition) is 1. The lowest BCUT2D eigenvalue weighted by Gasteiger charge is -2.41. The molecule has 1 aliphatic rings. The zero-order valence-electron chi connectivity index (χ0n) is 18.4. The lowest BCUT2D eigenvalue weighted by molar-refractivity contribution is -0.121. The monoisotopic (exact) mass is 503 g/mol. The van der Waals surface area contributed by atoms with Crippen LogP contribution in [0.1, 0.15) is 12.0 Å². The van der Waals surface area contributed by atoms with Crippen molar-refractivity contribution in [1.29, 1.82) is 0 Å². The molecule has 1 aromatic carbocycles. The van der Waals surface area contributed by atoms with Crippen molar-refractivity contribution in [2.24, 2.45) is 0 Å². The minimum absolute atomic E-state index is 0.142. The van der Waals surface area contributed by atoms with Gasteiger partial charge in [0.25, 0.3) is 0 Å². The van der Waals surface area contributed by atoms with Crippen LogP contribution in [-0.4, -0.2) is 69.2 Å². The summed E-state index contributed by atoms with van der Waals surface area (Å²) in [5, 5.41) is 3.82. The highest BCUT2D eigenvalue weighted by atomic mass is 35.5. The van der Waals surface area contributed by atoms with Crippen molar-refractivity contribution in [1.82, 2.24) is 29.7 Å². The van der Waals surface area contributed by atoms with Gasteiger partial charge in [-0.15, -0.1) is 0 Å². The lowest BCUT2D eigenvalue weighted by atomic mass is 10.1. The van der Waals surface area contributed by atoms with E-state index in [1.54, 1.807) is 46.4 Å². The van der Waals surface area contributed by atoms with E-state index in [0.717, 1.165) is 5.56 Å². The number of hydrogen-bond acceptors (Lipinski definition) is 7. The zero-order valence-corrected chi connectivity index (χ0v) is 19.9. The SMILES string of the molecule is COC(=O)N1CCN(c2cc(Cl)nc(-n3ccnc3)n2)C(CC(=O)NCc2ccc(Cl)cc2)C1. The molecule has 2 amide bonds. The van der Waals surface area contributed by atoms with Crippen LogP contribution in [-0.2, 0) is 16.1 Å². The third-order valence-electron chi connectivity index (χ3n) is 5.44. The third-order valence-corrected chi connectivity index (χ3v) is 5.88. The van der Waals surface area contributed by atoms with Crippen molar-refractivity contribution in [3.63, 3.8) is 0 Å². The molecule has 0 spiro atoms. The van der Waals surface area contributed by atoms with Gasteiger partial charge in [0, 0.05) is 56.1 Å². The topological polar surface area (TPSA) is 105 Å². The molecule has 0 aliphatic carbocycles. The van der Waals surface area contributed by atoms with Gasteiger partial charge in [0.2, 0.25) is 11.9 Å². The Morgan fingerprint density at radius 3 is 2.68 bits per heavy atom. The van der Waals surface area contributed by atoms with Gasteiger partial charge in [-0.2, -0.15) is 4.98 Å². The first-order valence-electron chi connectivity index (χ1n) is 10.6. The largest absolute Gasteiger partial charge is 0.453 e. The molecule has 0 saturated carbocycles. The molecule has 3 aromatic rings. The number of aromatic nitrogens is 4. The Hall–Kier alpha value is -3.37. The fourth-order valence-corrected chi connectivity index (χ4v) is 4.05. The molecule has 178 valence electrons. The number of nitrogens with zero attached hydrogens (tertiary/aromatic N) is 6. The average molecular weight is 504 g/mol. The average Bonchev–Trinajstić information content (AvgIpc) is 3.38. The van der Waals surface area contributed by atoms with Gasteiger partial charge in [0.05, 0.1) is 13.2 Å². The van der Waals surface area contributed by atoms with Gasteiger partial charge < -0.3 is 19.9 Å². The third kappa shape index (κ3) is 5.75. The number of halogens is 2. The molecule has 12 heteroatoms. The number of carbonyl (C=O) groups excluding carboxylic acids is 2. The molecule has 1 unspecified atom stereocenters. The second-order valence-corrected chi connectivity index (χ2v) is 8.51. The maximum absolute atomic E-state index is 12.8. The van der Waals surface area contributed by atoms with Gasteiger partial charge in [0.15, 0.2) is 0 Å². The summed E-state index contributed by atoms with van der Waals surface area (Å²) in [5.74, 6) is 0.761. The van der Waals surface area contributed by atoms with E-state index < -0.39 is 6.09 Å². The predicted molar refractivity (Wildman–Crippen MR) is 127 cm³/mol. The first kappa shape index (κ1) is 23.8. The molecule has 10 nitrogen and oxygen atoms in total. The highest BCUT2D eigenvalue weighted by Crippen LogP contribution is 2.24. The van der Waals surface area contributed by atoms with E-state index in [9.17, 15) is 9.59 Å². The standard InChI is InChI=1S/C22H23Cl2N7O3/c1-34-22(33)29-8-9-31(19-11-18(24)27-21(28-19)30-7-6-25-14-30)17(13-29)10-20(32)26-12-15-2-4-16(23)5-3-15/h2-7,11,14,17H,8-10,12-13H2,1H3,(H,26,32). The van der Waals surface area contributed by atoms with Crippen LogP contribution in [0.15, 0.2) is 49.1 Å². The molecule has 3 heterocycles. The van der Waals surface area contributed by atoms with E-state index in [1.165, 1.54) is 7.11 Å². The van der Waals surface area contributed by atoms with Gasteiger partial charge >= 0.3 is 6.09 Å². The van der Waals surface area contributed by atoms with Gasteiger partial charge in [-0.25, -0.2) is 14.8 Å². The van der Waals surface area contributed by atoms with Crippen LogP contribution in [0, 0.1) is 0 Å². The first-order valence-corrected chi connectivity index (χ1v) is 11.3. The maximum atomic E-state index is 12.8. The summed E-state index contributed by atoms with van der Waals surface area (Å²) in [7, 11) is 1.34. The number of methoxy groups -OCH3 is 1. The Morgan fingerprint density at radius 2 is 1.97 bits per heavy atom. The van der Waals surface area contributed by atoms with Gasteiger partial charge in [-0.1, -0.05) is 35.3 Å². The molecule has 1 aliphatic heterocycles. The minimum atomic E-state index is -0.439. The second kappa shape index (κ2) is 10.7. The quantitative estimate of drug-likeness (QED) is 0.515. The summed E-state index contributed by atoms with van der Waals surface area (Å²) in [6.07, 6.45) is 4.61. The number of carbonyl (C=O) groups is 2. The number of amides is 2. The van der Waals surface area contributed by atoms with Gasteiger partial charge in [-0.3, -0.25) is 9.36 Å². The van der Waals surface area contributed by atoms with E-state index in [4.69, 9.17) is 27.9 Å². The van der Waals surface area contributed by atoms with Crippen molar-refractivity contribution < 1.29 is 14.3 Å². The van der Waals surface area contributed by atoms with E-state index in [1.807, 2.05) is 17.0 Å². The molecule has 4 rings (SSSR count). The van der Waals surface area contributed by atoms with Crippen LogP contribution in [0.25, 0.3) is 5.95 Å². The highest BCUT2D eigenvalue weighted by molar-refractivity contribution is 6.30. The molecular weight excluding hydrogens is 481 g/mol. The molecule has 0 bridgehead atoms. The molecule has 1 fully saturated rings. The Morgan fingerprint density at radius 1 is 1.18 bits per heavy atom.